The van der Waals surface area contributed by atoms with Crippen LogP contribution < -0.4 is 9.64 Å². The number of carbonyl (C=O) groups excluding carboxylic acids is 1. The Kier molecular flexibility index (Phi) is 4.42. The van der Waals surface area contributed by atoms with Crippen molar-refractivity contribution in [1.29, 1.82) is 0 Å². The van der Waals surface area contributed by atoms with E-state index in [1.807, 2.05) is 60.5 Å². The number of aliphatic imine (C=N–C) groups is 1. The van der Waals surface area contributed by atoms with Crippen LogP contribution in [0.25, 0.3) is 0 Å². The van der Waals surface area contributed by atoms with Gasteiger partial charge in [0.05, 0.1) is 23.5 Å². The Labute approximate surface area is 160 Å². The summed E-state index contributed by atoms with van der Waals surface area (Å²) in [5, 5.41) is 1.61. The summed E-state index contributed by atoms with van der Waals surface area (Å²) in [6, 6.07) is 15.6. The van der Waals surface area contributed by atoms with Crippen LogP contribution in [0.2, 0.25) is 0 Å². The van der Waals surface area contributed by atoms with E-state index in [1.54, 1.807) is 30.8 Å². The Morgan fingerprint density at radius 3 is 2.50 bits per heavy atom. The van der Waals surface area contributed by atoms with Gasteiger partial charge in [-0.15, -0.1) is 0 Å². The van der Waals surface area contributed by atoms with Crippen LogP contribution in [0, 0.1) is 0 Å². The fourth-order valence-corrected chi connectivity index (χ4v) is 5.05. The predicted molar refractivity (Wildman–Crippen MR) is 108 cm³/mol. The van der Waals surface area contributed by atoms with Crippen molar-refractivity contribution in [3.8, 4) is 5.75 Å². The topological polar surface area (TPSA) is 45.1 Å². The summed E-state index contributed by atoms with van der Waals surface area (Å²) in [5.41, 5.74) is 1.88. The number of anilines is 1. The molecule has 0 atom stereocenters. The van der Waals surface area contributed by atoms with Crippen molar-refractivity contribution in [2.45, 2.75) is 4.90 Å². The summed E-state index contributed by atoms with van der Waals surface area (Å²) in [4.78, 5) is 22.9. The van der Waals surface area contributed by atoms with Gasteiger partial charge in [0, 0.05) is 25.1 Å². The van der Waals surface area contributed by atoms with Crippen molar-refractivity contribution in [1.82, 2.24) is 4.90 Å². The molecule has 0 N–H and O–H groups in total. The van der Waals surface area contributed by atoms with Crippen LogP contribution in [0.1, 0.15) is 0 Å². The van der Waals surface area contributed by atoms with Gasteiger partial charge >= 0.3 is 0 Å². The third-order valence-electron chi connectivity index (χ3n) is 4.19. The first-order valence-electron chi connectivity index (χ1n) is 8.02. The molecule has 0 aromatic heterocycles. The standard InChI is InChI=1S/C19H17N3O2S2/c1-21-14-11-13(24-3)9-10-15(14)25-18(21)16-17(23)22(2)19(26-16)20-12-7-5-4-6-8-12/h4-11H,1-3H3. The van der Waals surface area contributed by atoms with E-state index in [0.29, 0.717) is 10.1 Å². The molecule has 26 heavy (non-hydrogen) atoms. The molecule has 132 valence electrons. The number of nitrogens with zero attached hydrogens (tertiary/aromatic N) is 3. The highest BCUT2D eigenvalue weighted by Gasteiger charge is 2.37. The molecular formula is C19H17N3O2S2. The highest BCUT2D eigenvalue weighted by atomic mass is 32.2. The second-order valence-electron chi connectivity index (χ2n) is 5.83. The van der Waals surface area contributed by atoms with Gasteiger partial charge in [-0.05, 0) is 36.0 Å². The Morgan fingerprint density at radius 1 is 1.00 bits per heavy atom. The zero-order chi connectivity index (χ0) is 18.3. The molecule has 2 aromatic rings. The smallest absolute Gasteiger partial charge is 0.269 e. The zero-order valence-corrected chi connectivity index (χ0v) is 16.2. The van der Waals surface area contributed by atoms with Crippen LogP contribution in [0.15, 0.2) is 68.4 Å². The molecule has 0 aliphatic carbocycles. The fourth-order valence-electron chi connectivity index (χ4n) is 2.74. The number of carbonyl (C=O) groups is 1. The Morgan fingerprint density at radius 2 is 1.77 bits per heavy atom. The lowest BCUT2D eigenvalue weighted by Crippen LogP contribution is -2.24. The number of amides is 1. The van der Waals surface area contributed by atoms with Crippen LogP contribution in [0.5, 0.6) is 5.75 Å². The molecule has 2 aliphatic rings. The number of benzene rings is 2. The van der Waals surface area contributed by atoms with E-state index in [2.05, 4.69) is 4.99 Å². The largest absolute Gasteiger partial charge is 0.497 e. The lowest BCUT2D eigenvalue weighted by Gasteiger charge is -2.15. The molecule has 5 nitrogen and oxygen atoms in total. The molecule has 1 amide bonds. The summed E-state index contributed by atoms with van der Waals surface area (Å²) >= 11 is 3.02. The summed E-state index contributed by atoms with van der Waals surface area (Å²) in [6.07, 6.45) is 0. The minimum atomic E-state index is -0.0289. The molecule has 0 bridgehead atoms. The average molecular weight is 383 g/mol. The van der Waals surface area contributed by atoms with Crippen molar-refractivity contribution in [2.24, 2.45) is 4.99 Å². The molecule has 4 rings (SSSR count). The number of amidine groups is 1. The van der Waals surface area contributed by atoms with E-state index in [4.69, 9.17) is 4.74 Å². The number of ether oxygens (including phenoxy) is 1. The third kappa shape index (κ3) is 2.87. The van der Waals surface area contributed by atoms with Crippen LogP contribution in [0.3, 0.4) is 0 Å². The van der Waals surface area contributed by atoms with Crippen LogP contribution >= 0.6 is 23.5 Å². The van der Waals surface area contributed by atoms with E-state index in [9.17, 15) is 4.79 Å². The molecule has 2 aromatic carbocycles. The number of hydrogen-bond acceptors (Lipinski definition) is 6. The van der Waals surface area contributed by atoms with Gasteiger partial charge in [-0.1, -0.05) is 30.0 Å². The van der Waals surface area contributed by atoms with Gasteiger partial charge in [-0.3, -0.25) is 9.69 Å². The van der Waals surface area contributed by atoms with Crippen molar-refractivity contribution in [2.75, 3.05) is 26.1 Å². The maximum atomic E-state index is 12.8. The van der Waals surface area contributed by atoms with Crippen molar-refractivity contribution in [3.05, 3.63) is 58.5 Å². The summed E-state index contributed by atoms with van der Waals surface area (Å²) in [7, 11) is 5.39. The number of fused-ring (bicyclic) bond motifs is 1. The number of hydrogen-bond donors (Lipinski definition) is 0. The van der Waals surface area contributed by atoms with E-state index in [1.165, 1.54) is 11.8 Å². The summed E-state index contributed by atoms with van der Waals surface area (Å²) < 4.78 is 5.32. The average Bonchev–Trinajstić information content (AvgIpc) is 3.13. The maximum absolute atomic E-state index is 12.8. The second-order valence-corrected chi connectivity index (χ2v) is 7.83. The molecule has 0 spiro atoms. The summed E-state index contributed by atoms with van der Waals surface area (Å²) in [5.74, 6) is 0.773. The van der Waals surface area contributed by atoms with E-state index in [0.717, 1.165) is 27.0 Å². The van der Waals surface area contributed by atoms with Gasteiger partial charge in [-0.25, -0.2) is 4.99 Å². The lowest BCUT2D eigenvalue weighted by atomic mass is 10.3. The Balaban J connectivity index is 1.70. The molecule has 2 heterocycles. The van der Waals surface area contributed by atoms with E-state index in [-0.39, 0.29) is 5.91 Å². The molecule has 7 heteroatoms. The van der Waals surface area contributed by atoms with Gasteiger partial charge in [-0.2, -0.15) is 0 Å². The minimum Gasteiger partial charge on any atom is -0.497 e. The van der Waals surface area contributed by atoms with Crippen molar-refractivity contribution >= 4 is 46.0 Å². The molecule has 1 fully saturated rings. The van der Waals surface area contributed by atoms with Gasteiger partial charge in [0.2, 0.25) is 0 Å². The number of likely N-dealkylation sites (N-methyl/N-ethyl adjacent to an activating group) is 1. The molecule has 1 saturated heterocycles. The van der Waals surface area contributed by atoms with Crippen LogP contribution in [-0.2, 0) is 4.79 Å². The Hall–Kier alpha value is -2.38. The maximum Gasteiger partial charge on any atom is 0.269 e. The molecule has 0 radical (unpaired) electrons. The quantitative estimate of drug-likeness (QED) is 0.724. The molecule has 0 unspecified atom stereocenters. The minimum absolute atomic E-state index is 0.0289. The van der Waals surface area contributed by atoms with Crippen molar-refractivity contribution < 1.29 is 9.53 Å². The Bertz CT molecular complexity index is 941. The van der Waals surface area contributed by atoms with Crippen molar-refractivity contribution in [3.63, 3.8) is 0 Å². The highest BCUT2D eigenvalue weighted by Crippen LogP contribution is 2.50. The SMILES string of the molecule is COc1ccc2c(c1)N(C)C(=C1SC(=Nc3ccccc3)N(C)C1=O)S2. The summed E-state index contributed by atoms with van der Waals surface area (Å²) in [6.45, 7) is 0. The van der Waals surface area contributed by atoms with Gasteiger partial charge in [0.15, 0.2) is 5.17 Å². The van der Waals surface area contributed by atoms with Gasteiger partial charge < -0.3 is 9.64 Å². The first-order chi connectivity index (χ1) is 12.6. The number of thioether (sulfide) groups is 2. The monoisotopic (exact) mass is 383 g/mol. The number of rotatable bonds is 2. The predicted octanol–water partition coefficient (Wildman–Crippen LogP) is 4.30. The highest BCUT2D eigenvalue weighted by molar-refractivity contribution is 8.19. The first kappa shape index (κ1) is 17.1. The lowest BCUT2D eigenvalue weighted by molar-refractivity contribution is -0.121. The second kappa shape index (κ2) is 6.74. The molecular weight excluding hydrogens is 366 g/mol. The number of methoxy groups -OCH3 is 1. The van der Waals surface area contributed by atoms with Gasteiger partial charge in [0.25, 0.3) is 5.91 Å². The van der Waals surface area contributed by atoms with Gasteiger partial charge in [0.1, 0.15) is 10.7 Å². The zero-order valence-electron chi connectivity index (χ0n) is 14.6. The first-order valence-corrected chi connectivity index (χ1v) is 9.65. The van der Waals surface area contributed by atoms with Crippen LogP contribution in [-0.4, -0.2) is 37.2 Å². The van der Waals surface area contributed by atoms with Crippen LogP contribution in [0.4, 0.5) is 11.4 Å². The molecule has 0 saturated carbocycles. The fraction of sp³-hybridized carbons (Fsp3) is 0.158. The normalized spacial score (nSPS) is 20.9. The molecule has 2 aliphatic heterocycles. The third-order valence-corrected chi connectivity index (χ3v) is 6.68. The van der Waals surface area contributed by atoms with E-state index >= 15 is 0 Å². The van der Waals surface area contributed by atoms with E-state index < -0.39 is 0 Å². The number of para-hydroxylation sites is 1.